The summed E-state index contributed by atoms with van der Waals surface area (Å²) in [7, 11) is 1.61. The third kappa shape index (κ3) is 7.22. The zero-order valence-corrected chi connectivity index (χ0v) is 50.5. The van der Waals surface area contributed by atoms with Crippen LogP contribution in [0.1, 0.15) is 226 Å². The maximum atomic E-state index is 13.5. The molecule has 10 aliphatic carbocycles. The highest BCUT2D eigenvalue weighted by Crippen LogP contribution is 2.79. The molecule has 0 aromatic heterocycles. The lowest BCUT2D eigenvalue weighted by atomic mass is 9.33. The van der Waals surface area contributed by atoms with Crippen molar-refractivity contribution in [2.24, 2.45) is 113 Å². The highest BCUT2D eigenvalue weighted by molar-refractivity contribution is 5.79. The lowest BCUT2D eigenvalue weighted by Gasteiger charge is -2.72. The second-order valence-electron chi connectivity index (χ2n) is 32.1. The summed E-state index contributed by atoms with van der Waals surface area (Å²) in [5.41, 5.74) is 3.60. The van der Waals surface area contributed by atoms with E-state index in [0.717, 1.165) is 90.3 Å². The van der Waals surface area contributed by atoms with Gasteiger partial charge in [-0.2, -0.15) is 0 Å². The first-order chi connectivity index (χ1) is 34.8. The number of carbonyl (C=O) groups excluding carboxylic acids is 1. The zero-order chi connectivity index (χ0) is 54.3. The van der Waals surface area contributed by atoms with Crippen LogP contribution >= 0.6 is 0 Å². The molecule has 1 N–H and O–H groups in total. The van der Waals surface area contributed by atoms with Crippen LogP contribution in [0.25, 0.3) is 0 Å². The van der Waals surface area contributed by atoms with Crippen molar-refractivity contribution in [1.82, 2.24) is 0 Å². The highest BCUT2D eigenvalue weighted by Gasteiger charge is 2.73. The van der Waals surface area contributed by atoms with Gasteiger partial charge >= 0.3 is 11.9 Å². The molecule has 8 heteroatoms. The zero-order valence-electron chi connectivity index (χ0n) is 50.5. The molecule has 10 fully saturated rings. The summed E-state index contributed by atoms with van der Waals surface area (Å²) in [6, 6.07) is 0. The Bertz CT molecular complexity index is 2370. The second kappa shape index (κ2) is 17.4. The predicted octanol–water partition coefficient (Wildman–Crippen LogP) is 15.8. The number of carbonyl (C=O) groups is 2. The molecule has 22 atom stereocenters. The van der Waals surface area contributed by atoms with Crippen LogP contribution < -0.4 is 0 Å². The standard InChI is InChI=1S/C34H54O4.C33H52O4/c1-21-12-17-34(28(35)36-9)19-18-32(7)23(27(34)22(21)2)10-11-25-30(5)15-14-26-31(6,20-37-29(3,4)38-26)24(30)13-16-33(25,32)8;1-20-11-16-33(27(34)35)18-17-31(7)22(26(33)21(20)2)9-10-24-29(5)14-13-25-30(6,19-36-28(3,4)37-25)23(29)12-15-32(24,31)8/h10,21-22,24-27H,11-20H2,1-9H3;9,20-21,23-26H,10-19H2,1-8H3,(H,34,35)/t21-,22+,24?,25?,26?,27?,30+,31-,32-,33-,34+;20-,21+,23?,24?,25+,26?,29+,30-,31-,32-,33+/m11/s1. The number of esters is 1. The van der Waals surface area contributed by atoms with Gasteiger partial charge in [-0.25, -0.2) is 0 Å². The quantitative estimate of drug-likeness (QED) is 0.216. The van der Waals surface area contributed by atoms with Gasteiger partial charge in [0.15, 0.2) is 11.6 Å². The highest BCUT2D eigenvalue weighted by atomic mass is 16.7. The van der Waals surface area contributed by atoms with E-state index in [4.69, 9.17) is 23.7 Å². The van der Waals surface area contributed by atoms with E-state index in [-0.39, 0.29) is 66.7 Å². The van der Waals surface area contributed by atoms with Crippen molar-refractivity contribution < 1.29 is 38.4 Å². The Balaban J connectivity index is 0.000000161. The Morgan fingerprint density at radius 3 is 1.31 bits per heavy atom. The molecule has 2 heterocycles. The topological polar surface area (TPSA) is 101 Å². The van der Waals surface area contributed by atoms with Gasteiger partial charge in [0.25, 0.3) is 0 Å². The molecule has 0 aromatic carbocycles. The van der Waals surface area contributed by atoms with Gasteiger partial charge in [-0.15, -0.1) is 0 Å². The van der Waals surface area contributed by atoms with E-state index >= 15 is 0 Å². The summed E-state index contributed by atoms with van der Waals surface area (Å²) in [5.74, 6) is 3.72. The molecule has 0 aromatic rings. The monoisotopic (exact) mass is 1040 g/mol. The fourth-order valence-corrected chi connectivity index (χ4v) is 23.7. The van der Waals surface area contributed by atoms with Crippen molar-refractivity contribution in [2.75, 3.05) is 20.3 Å². The number of carboxylic acid groups (broad SMARTS) is 1. The van der Waals surface area contributed by atoms with Crippen molar-refractivity contribution in [2.45, 2.75) is 250 Å². The number of fused-ring (bicyclic) bond motifs is 18. The third-order valence-corrected chi connectivity index (χ3v) is 28.8. The summed E-state index contributed by atoms with van der Waals surface area (Å²) in [6.07, 6.45) is 25.8. The Kier molecular flexibility index (Phi) is 12.8. The number of rotatable bonds is 2. The maximum Gasteiger partial charge on any atom is 0.312 e. The van der Waals surface area contributed by atoms with E-state index in [1.54, 1.807) is 12.7 Å². The average molecular weight is 1040 g/mol. The second-order valence-corrected chi connectivity index (χ2v) is 32.1. The summed E-state index contributed by atoms with van der Waals surface area (Å²) in [5, 5.41) is 10.6. The molecule has 75 heavy (non-hydrogen) atoms. The van der Waals surface area contributed by atoms with Gasteiger partial charge in [0, 0.05) is 10.8 Å². The van der Waals surface area contributed by atoms with Gasteiger partial charge in [-0.3, -0.25) is 9.59 Å². The van der Waals surface area contributed by atoms with Gasteiger partial charge in [0.1, 0.15) is 0 Å². The molecule has 7 unspecified atom stereocenters. The van der Waals surface area contributed by atoms with Crippen molar-refractivity contribution in [1.29, 1.82) is 0 Å². The fourth-order valence-electron chi connectivity index (χ4n) is 23.7. The minimum Gasteiger partial charge on any atom is -0.481 e. The predicted molar refractivity (Wildman–Crippen MR) is 296 cm³/mol. The minimum absolute atomic E-state index is 0.0543. The molecule has 0 bridgehead atoms. The molecule has 0 radical (unpaired) electrons. The van der Waals surface area contributed by atoms with Crippen LogP contribution in [0.2, 0.25) is 0 Å². The number of aliphatic carboxylic acids is 1. The van der Waals surface area contributed by atoms with Crippen LogP contribution in [0, 0.1) is 113 Å². The van der Waals surface area contributed by atoms with Crippen LogP contribution in [0.15, 0.2) is 23.3 Å². The van der Waals surface area contributed by atoms with Crippen LogP contribution in [-0.4, -0.2) is 61.2 Å². The first-order valence-corrected chi connectivity index (χ1v) is 31.2. The van der Waals surface area contributed by atoms with Crippen LogP contribution in [-0.2, 0) is 33.3 Å². The van der Waals surface area contributed by atoms with Gasteiger partial charge in [-0.1, -0.05) is 106 Å². The summed E-state index contributed by atoms with van der Waals surface area (Å²) < 4.78 is 31.4. The first-order valence-electron chi connectivity index (χ1n) is 31.2. The van der Waals surface area contributed by atoms with E-state index in [1.165, 1.54) is 44.1 Å². The molecule has 8 saturated carbocycles. The van der Waals surface area contributed by atoms with E-state index < -0.39 is 23.0 Å². The molecule has 0 spiro atoms. The molecule has 8 nitrogen and oxygen atoms in total. The van der Waals surface area contributed by atoms with Crippen molar-refractivity contribution in [3.63, 3.8) is 0 Å². The number of hydrogen-bond donors (Lipinski definition) is 1. The van der Waals surface area contributed by atoms with Crippen LogP contribution in [0.3, 0.4) is 0 Å². The summed E-state index contributed by atoms with van der Waals surface area (Å²) in [4.78, 5) is 26.4. The van der Waals surface area contributed by atoms with Gasteiger partial charge in [-0.05, 0) is 235 Å². The molecular weight excluding hydrogens is 933 g/mol. The Labute approximate surface area is 455 Å². The molecule has 422 valence electrons. The molecule has 0 amide bonds. The third-order valence-electron chi connectivity index (χ3n) is 28.8. The summed E-state index contributed by atoms with van der Waals surface area (Å²) >= 11 is 0. The number of methoxy groups -OCH3 is 1. The van der Waals surface area contributed by atoms with Crippen molar-refractivity contribution in [3.8, 4) is 0 Å². The lowest BCUT2D eigenvalue weighted by Crippen LogP contribution is -2.68. The number of allylic oxidation sites excluding steroid dienone is 4. The fraction of sp³-hybridized carbons (Fsp3) is 0.910. The average Bonchev–Trinajstić information content (AvgIpc) is 3.34. The van der Waals surface area contributed by atoms with Crippen LogP contribution in [0.5, 0.6) is 0 Å². The number of hydrogen-bond acceptors (Lipinski definition) is 7. The number of carboxylic acids is 1. The van der Waals surface area contributed by atoms with Gasteiger partial charge in [0.05, 0.1) is 43.4 Å². The van der Waals surface area contributed by atoms with E-state index in [0.29, 0.717) is 59.4 Å². The van der Waals surface area contributed by atoms with Gasteiger partial charge < -0.3 is 28.8 Å². The normalized spacial score (nSPS) is 55.9. The lowest BCUT2D eigenvalue weighted by molar-refractivity contribution is -0.351. The molecule has 12 rings (SSSR count). The molecule has 2 aliphatic heterocycles. The Morgan fingerprint density at radius 2 is 0.893 bits per heavy atom. The SMILES string of the molecule is COC(=O)[C@]12CC[C@@H](C)[C@H](C)C1C1=CCC3[C@@]4(C)CCC5OC(C)(C)OC[C@]5(C)C4CC[C@@]3(C)[C@]1(C)CC2.C[C@@H]1CC[C@]2(C(=O)O)CC[C@]3(C)C(=CCC4[C@@]5(C)CC[C@@H]6OC(C)(C)OC[C@]6(C)C5CC[C@]43C)C2[C@H]1C. The number of ether oxygens (including phenoxy) is 5. The van der Waals surface area contributed by atoms with E-state index in [1.807, 2.05) is 0 Å². The van der Waals surface area contributed by atoms with E-state index in [2.05, 4.69) is 123 Å². The van der Waals surface area contributed by atoms with Gasteiger partial charge in [0.2, 0.25) is 0 Å². The molecule has 12 aliphatic rings. The summed E-state index contributed by atoms with van der Waals surface area (Å²) in [6.45, 7) is 40.1. The van der Waals surface area contributed by atoms with Crippen molar-refractivity contribution in [3.05, 3.63) is 23.3 Å². The maximum absolute atomic E-state index is 13.5. The van der Waals surface area contributed by atoms with E-state index in [9.17, 15) is 14.7 Å². The minimum atomic E-state index is -0.559. The van der Waals surface area contributed by atoms with Crippen LogP contribution in [0.4, 0.5) is 0 Å². The molecule has 2 saturated heterocycles. The smallest absolute Gasteiger partial charge is 0.312 e. The molecular formula is C67H106O8. The largest absolute Gasteiger partial charge is 0.481 e. The Morgan fingerprint density at radius 1 is 0.493 bits per heavy atom. The Hall–Kier alpha value is -1.74. The first kappa shape index (κ1) is 55.2. The van der Waals surface area contributed by atoms with Crippen molar-refractivity contribution >= 4 is 11.9 Å².